The van der Waals surface area contributed by atoms with Crippen LogP contribution in [0.3, 0.4) is 0 Å². The van der Waals surface area contributed by atoms with Gasteiger partial charge >= 0.3 is 5.97 Å². The lowest BCUT2D eigenvalue weighted by atomic mass is 9.84. The van der Waals surface area contributed by atoms with Crippen LogP contribution < -0.4 is 0 Å². The fourth-order valence-electron chi connectivity index (χ4n) is 3.66. The maximum Gasteiger partial charge on any atom is 0.328 e. The third-order valence-electron chi connectivity index (χ3n) is 4.58. The van der Waals surface area contributed by atoms with E-state index >= 15 is 0 Å². The summed E-state index contributed by atoms with van der Waals surface area (Å²) in [5.41, 5.74) is 0. The molecule has 114 valence electrons. The van der Waals surface area contributed by atoms with Gasteiger partial charge in [-0.25, -0.2) is 4.79 Å². The summed E-state index contributed by atoms with van der Waals surface area (Å²) < 4.78 is 10.1. The van der Waals surface area contributed by atoms with Crippen molar-refractivity contribution >= 4 is 23.5 Å². The van der Waals surface area contributed by atoms with E-state index in [1.807, 2.05) is 0 Å². The zero-order chi connectivity index (χ0) is 15.0. The van der Waals surface area contributed by atoms with E-state index in [2.05, 4.69) is 0 Å². The van der Waals surface area contributed by atoms with Crippen LogP contribution in [0.15, 0.2) is 16.5 Å². The maximum atomic E-state index is 12.7. The van der Waals surface area contributed by atoms with Gasteiger partial charge in [0.25, 0.3) is 5.91 Å². The van der Waals surface area contributed by atoms with Gasteiger partial charge in [-0.15, -0.1) is 0 Å². The van der Waals surface area contributed by atoms with E-state index in [1.54, 1.807) is 11.0 Å². The Morgan fingerprint density at radius 3 is 2.76 bits per heavy atom. The van der Waals surface area contributed by atoms with Crippen molar-refractivity contribution in [2.45, 2.75) is 44.2 Å². The number of hydrogen-bond acceptors (Lipinski definition) is 4. The molecule has 0 spiro atoms. The van der Waals surface area contributed by atoms with Gasteiger partial charge in [0.1, 0.15) is 6.04 Å². The molecule has 1 aromatic rings. The number of ether oxygens (including phenoxy) is 1. The number of amides is 1. The molecular formula is C15H18ClNO4. The first-order chi connectivity index (χ1) is 10.1. The first-order valence-electron chi connectivity index (χ1n) is 7.27. The van der Waals surface area contributed by atoms with Crippen LogP contribution in [0.25, 0.3) is 0 Å². The van der Waals surface area contributed by atoms with E-state index in [4.69, 9.17) is 20.8 Å². The highest BCUT2D eigenvalue weighted by Crippen LogP contribution is 2.41. The van der Waals surface area contributed by atoms with Gasteiger partial charge in [0, 0.05) is 6.04 Å². The maximum absolute atomic E-state index is 12.7. The highest BCUT2D eigenvalue weighted by Gasteiger charge is 2.48. The molecule has 1 aliphatic carbocycles. The Bertz CT molecular complexity index is 556. The molecule has 1 amide bonds. The third-order valence-corrected chi connectivity index (χ3v) is 4.78. The second-order valence-electron chi connectivity index (χ2n) is 5.70. The molecule has 3 atom stereocenters. The number of nitrogens with zero attached hydrogens (tertiary/aromatic N) is 1. The summed E-state index contributed by atoms with van der Waals surface area (Å²) in [6.07, 6.45) is 4.90. The van der Waals surface area contributed by atoms with Gasteiger partial charge in [-0.05, 0) is 48.9 Å². The Labute approximate surface area is 128 Å². The quantitative estimate of drug-likeness (QED) is 0.788. The van der Waals surface area contributed by atoms with Crippen LogP contribution in [0.2, 0.25) is 5.22 Å². The van der Waals surface area contributed by atoms with Crippen molar-refractivity contribution in [3.8, 4) is 0 Å². The Kier molecular flexibility index (Phi) is 3.93. The largest absolute Gasteiger partial charge is 0.467 e. The van der Waals surface area contributed by atoms with E-state index in [0.717, 1.165) is 25.7 Å². The normalized spacial score (nSPS) is 28.3. The van der Waals surface area contributed by atoms with Crippen molar-refractivity contribution in [3.63, 3.8) is 0 Å². The topological polar surface area (TPSA) is 59.8 Å². The summed E-state index contributed by atoms with van der Waals surface area (Å²) in [6, 6.07) is 2.67. The Morgan fingerprint density at radius 1 is 1.33 bits per heavy atom. The fraction of sp³-hybridized carbons (Fsp3) is 0.600. The number of halogens is 1. The molecule has 3 rings (SSSR count). The average molecular weight is 312 g/mol. The van der Waals surface area contributed by atoms with Crippen molar-refractivity contribution in [3.05, 3.63) is 23.1 Å². The number of fused-ring (bicyclic) bond motifs is 1. The molecule has 0 unspecified atom stereocenters. The SMILES string of the molecule is COC(=O)[C@@H]1C[C@@H]2CCCC[C@H]2N1C(=O)c1ccc(Cl)o1. The minimum absolute atomic E-state index is 0.0965. The number of likely N-dealkylation sites (tertiary alicyclic amines) is 1. The zero-order valence-electron chi connectivity index (χ0n) is 11.9. The average Bonchev–Trinajstić information content (AvgIpc) is 3.09. The van der Waals surface area contributed by atoms with Gasteiger partial charge in [-0.2, -0.15) is 0 Å². The van der Waals surface area contributed by atoms with E-state index in [9.17, 15) is 9.59 Å². The molecule has 0 bridgehead atoms. The Morgan fingerprint density at radius 2 is 2.10 bits per heavy atom. The van der Waals surface area contributed by atoms with E-state index < -0.39 is 6.04 Å². The lowest BCUT2D eigenvalue weighted by molar-refractivity contribution is -0.145. The highest BCUT2D eigenvalue weighted by atomic mass is 35.5. The molecular weight excluding hydrogens is 294 g/mol. The van der Waals surface area contributed by atoms with Crippen molar-refractivity contribution < 1.29 is 18.7 Å². The number of hydrogen-bond donors (Lipinski definition) is 0. The van der Waals surface area contributed by atoms with Crippen LogP contribution in [-0.4, -0.2) is 36.0 Å². The molecule has 2 aliphatic rings. The van der Waals surface area contributed by atoms with Crippen LogP contribution in [0.5, 0.6) is 0 Å². The third kappa shape index (κ3) is 2.55. The van der Waals surface area contributed by atoms with Crippen LogP contribution in [0, 0.1) is 5.92 Å². The number of esters is 1. The summed E-state index contributed by atoms with van der Waals surface area (Å²) in [5, 5.41) is 0.173. The van der Waals surface area contributed by atoms with Gasteiger partial charge in [0.15, 0.2) is 11.0 Å². The van der Waals surface area contributed by atoms with Crippen molar-refractivity contribution in [1.29, 1.82) is 0 Å². The second-order valence-corrected chi connectivity index (χ2v) is 6.08. The van der Waals surface area contributed by atoms with Crippen molar-refractivity contribution in [1.82, 2.24) is 4.90 Å². The predicted octanol–water partition coefficient (Wildman–Crippen LogP) is 2.88. The number of rotatable bonds is 2. The van der Waals surface area contributed by atoms with E-state index in [-0.39, 0.29) is 28.9 Å². The number of carbonyl (C=O) groups is 2. The Balaban J connectivity index is 1.90. The van der Waals surface area contributed by atoms with Gasteiger partial charge in [0.05, 0.1) is 7.11 Å². The summed E-state index contributed by atoms with van der Waals surface area (Å²) in [6.45, 7) is 0. The summed E-state index contributed by atoms with van der Waals surface area (Å²) >= 11 is 5.75. The summed E-state index contributed by atoms with van der Waals surface area (Å²) in [7, 11) is 1.36. The van der Waals surface area contributed by atoms with Gasteiger partial charge in [0.2, 0.25) is 0 Å². The van der Waals surface area contributed by atoms with Crippen LogP contribution in [0.4, 0.5) is 0 Å². The molecule has 0 radical (unpaired) electrons. The van der Waals surface area contributed by atoms with Gasteiger partial charge in [-0.1, -0.05) is 12.8 Å². The predicted molar refractivity (Wildman–Crippen MR) is 76.1 cm³/mol. The molecule has 2 heterocycles. The molecule has 1 aromatic heterocycles. The molecule has 0 aromatic carbocycles. The summed E-state index contributed by atoms with van der Waals surface area (Å²) in [5.74, 6) is -0.0699. The molecule has 1 saturated heterocycles. The van der Waals surface area contributed by atoms with Crippen LogP contribution >= 0.6 is 11.6 Å². The van der Waals surface area contributed by atoms with E-state index in [1.165, 1.54) is 13.2 Å². The van der Waals surface area contributed by atoms with Crippen molar-refractivity contribution in [2.24, 2.45) is 5.92 Å². The minimum Gasteiger partial charge on any atom is -0.467 e. The van der Waals surface area contributed by atoms with Gasteiger partial charge < -0.3 is 14.1 Å². The second kappa shape index (κ2) is 5.72. The molecule has 6 heteroatoms. The molecule has 1 aliphatic heterocycles. The van der Waals surface area contributed by atoms with Crippen molar-refractivity contribution in [2.75, 3.05) is 7.11 Å². The lowest BCUT2D eigenvalue weighted by Crippen LogP contribution is -2.46. The van der Waals surface area contributed by atoms with Crippen LogP contribution in [0.1, 0.15) is 42.7 Å². The molecule has 2 fully saturated rings. The highest BCUT2D eigenvalue weighted by molar-refractivity contribution is 6.29. The smallest absolute Gasteiger partial charge is 0.328 e. The first kappa shape index (κ1) is 14.4. The fourth-order valence-corrected chi connectivity index (χ4v) is 3.80. The van der Waals surface area contributed by atoms with Crippen LogP contribution in [-0.2, 0) is 9.53 Å². The number of methoxy groups -OCH3 is 1. The standard InChI is InChI=1S/C15H18ClNO4/c1-20-15(19)11-8-9-4-2-3-5-10(9)17(11)14(18)12-6-7-13(16)21-12/h6-7,9-11H,2-5,8H2,1H3/t9-,10+,11-/m0/s1. The monoisotopic (exact) mass is 311 g/mol. The summed E-state index contributed by atoms with van der Waals surface area (Å²) in [4.78, 5) is 26.4. The minimum atomic E-state index is -0.514. The number of furan rings is 1. The lowest BCUT2D eigenvalue weighted by Gasteiger charge is -2.32. The molecule has 1 saturated carbocycles. The molecule has 21 heavy (non-hydrogen) atoms. The Hall–Kier alpha value is -1.49. The first-order valence-corrected chi connectivity index (χ1v) is 7.65. The molecule has 5 nitrogen and oxygen atoms in total. The number of carbonyl (C=O) groups excluding carboxylic acids is 2. The molecule has 0 N–H and O–H groups in total. The van der Waals surface area contributed by atoms with Gasteiger partial charge in [-0.3, -0.25) is 4.79 Å². The van der Waals surface area contributed by atoms with E-state index in [0.29, 0.717) is 12.3 Å². The zero-order valence-corrected chi connectivity index (χ0v) is 12.6.